The smallest absolute Gasteiger partial charge is 0.257 e. The van der Waals surface area contributed by atoms with Gasteiger partial charge in [0.25, 0.3) is 5.91 Å². The zero-order chi connectivity index (χ0) is 21.1. The van der Waals surface area contributed by atoms with Gasteiger partial charge in [0.05, 0.1) is 16.7 Å². The van der Waals surface area contributed by atoms with Crippen molar-refractivity contribution in [3.05, 3.63) is 66.0 Å². The molecule has 1 fully saturated rings. The minimum atomic E-state index is -0.733. The van der Waals surface area contributed by atoms with Crippen molar-refractivity contribution in [2.75, 3.05) is 5.32 Å². The van der Waals surface area contributed by atoms with E-state index in [1.807, 2.05) is 19.1 Å². The van der Waals surface area contributed by atoms with Crippen LogP contribution >= 0.6 is 0 Å². The summed E-state index contributed by atoms with van der Waals surface area (Å²) in [4.78, 5) is 36.9. The second kappa shape index (κ2) is 7.86. The lowest BCUT2D eigenvalue weighted by molar-refractivity contribution is -0.138. The fourth-order valence-electron chi connectivity index (χ4n) is 3.77. The number of benzene rings is 2. The van der Waals surface area contributed by atoms with Gasteiger partial charge in [-0.2, -0.15) is 4.68 Å². The molecule has 0 aliphatic carbocycles. The number of amides is 3. The maximum atomic E-state index is 12.8. The SMILES string of the molecule is CCC1(c2ccc(NC(=O)c3ccccc3-n3cnnn3)cc2)CCC(=O)NC1=O. The van der Waals surface area contributed by atoms with E-state index in [0.717, 1.165) is 5.56 Å². The molecule has 3 amide bonds. The Kier molecular flexibility index (Phi) is 5.09. The number of rotatable bonds is 5. The van der Waals surface area contributed by atoms with Crippen molar-refractivity contribution in [3.8, 4) is 5.69 Å². The zero-order valence-electron chi connectivity index (χ0n) is 16.3. The molecule has 1 aromatic heterocycles. The van der Waals surface area contributed by atoms with E-state index in [1.54, 1.807) is 36.4 Å². The zero-order valence-corrected chi connectivity index (χ0v) is 16.3. The van der Waals surface area contributed by atoms with Crippen LogP contribution in [0.4, 0.5) is 5.69 Å². The van der Waals surface area contributed by atoms with E-state index < -0.39 is 5.41 Å². The number of carbonyl (C=O) groups is 3. The van der Waals surface area contributed by atoms with Crippen molar-refractivity contribution in [1.82, 2.24) is 25.5 Å². The molecule has 2 N–H and O–H groups in total. The molecule has 1 aliphatic heterocycles. The Morgan fingerprint density at radius 2 is 1.93 bits per heavy atom. The van der Waals surface area contributed by atoms with E-state index in [9.17, 15) is 14.4 Å². The Bertz CT molecular complexity index is 1090. The van der Waals surface area contributed by atoms with Crippen LogP contribution in [0, 0.1) is 0 Å². The van der Waals surface area contributed by atoms with Gasteiger partial charge in [-0.3, -0.25) is 19.7 Å². The molecule has 4 rings (SSSR count). The quantitative estimate of drug-likeness (QED) is 0.628. The fraction of sp³-hybridized carbons (Fsp3) is 0.238. The van der Waals surface area contributed by atoms with Gasteiger partial charge in [-0.1, -0.05) is 31.2 Å². The number of piperidine rings is 1. The van der Waals surface area contributed by atoms with Crippen molar-refractivity contribution in [1.29, 1.82) is 0 Å². The summed E-state index contributed by atoms with van der Waals surface area (Å²) in [5.74, 6) is -0.817. The third-order valence-electron chi connectivity index (χ3n) is 5.51. The highest BCUT2D eigenvalue weighted by atomic mass is 16.2. The second-order valence-electron chi connectivity index (χ2n) is 7.12. The van der Waals surface area contributed by atoms with Gasteiger partial charge in [0.1, 0.15) is 6.33 Å². The molecule has 2 heterocycles. The summed E-state index contributed by atoms with van der Waals surface area (Å²) in [6.07, 6.45) is 2.79. The summed E-state index contributed by atoms with van der Waals surface area (Å²) in [5.41, 5.74) is 1.66. The third kappa shape index (κ3) is 3.45. The Morgan fingerprint density at radius 1 is 1.17 bits per heavy atom. The predicted molar refractivity (Wildman–Crippen MR) is 108 cm³/mol. The van der Waals surface area contributed by atoms with Crippen LogP contribution in [0.1, 0.15) is 42.1 Å². The highest BCUT2D eigenvalue weighted by Gasteiger charge is 2.42. The first-order chi connectivity index (χ1) is 14.5. The summed E-state index contributed by atoms with van der Waals surface area (Å²) < 4.78 is 1.42. The third-order valence-corrected chi connectivity index (χ3v) is 5.51. The molecule has 9 heteroatoms. The van der Waals surface area contributed by atoms with Crippen LogP contribution in [-0.4, -0.2) is 37.9 Å². The Hall–Kier alpha value is -3.88. The number of carbonyl (C=O) groups excluding carboxylic acids is 3. The minimum absolute atomic E-state index is 0.241. The maximum Gasteiger partial charge on any atom is 0.257 e. The number of nitrogens with zero attached hydrogens (tertiary/aromatic N) is 4. The van der Waals surface area contributed by atoms with Crippen molar-refractivity contribution in [3.63, 3.8) is 0 Å². The number of para-hydroxylation sites is 1. The monoisotopic (exact) mass is 404 g/mol. The average Bonchev–Trinajstić information content (AvgIpc) is 3.30. The van der Waals surface area contributed by atoms with Crippen LogP contribution < -0.4 is 10.6 Å². The van der Waals surface area contributed by atoms with Gasteiger partial charge in [-0.05, 0) is 53.1 Å². The largest absolute Gasteiger partial charge is 0.322 e. The molecule has 0 radical (unpaired) electrons. The standard InChI is InChI=1S/C21H20N6O3/c1-2-21(12-11-18(28)24-20(21)30)14-7-9-15(10-8-14)23-19(29)16-5-3-4-6-17(16)27-13-22-25-26-27/h3-10,13H,2,11-12H2,1H3,(H,23,29)(H,24,28,30). The average molecular weight is 404 g/mol. The molecule has 30 heavy (non-hydrogen) atoms. The molecule has 3 aromatic rings. The van der Waals surface area contributed by atoms with Gasteiger partial charge >= 0.3 is 0 Å². The van der Waals surface area contributed by atoms with E-state index >= 15 is 0 Å². The van der Waals surface area contributed by atoms with Crippen LogP contribution in [0.25, 0.3) is 5.69 Å². The molecule has 1 unspecified atom stereocenters. The Labute approximate surface area is 172 Å². The Morgan fingerprint density at radius 3 is 2.60 bits per heavy atom. The first-order valence-corrected chi connectivity index (χ1v) is 9.62. The van der Waals surface area contributed by atoms with E-state index in [4.69, 9.17) is 0 Å². The summed E-state index contributed by atoms with van der Waals surface area (Å²) >= 11 is 0. The molecule has 2 aromatic carbocycles. The van der Waals surface area contributed by atoms with E-state index in [-0.39, 0.29) is 17.7 Å². The van der Waals surface area contributed by atoms with Crippen molar-refractivity contribution >= 4 is 23.4 Å². The molecule has 0 bridgehead atoms. The van der Waals surface area contributed by atoms with Gasteiger partial charge in [-0.25, -0.2) is 0 Å². The molecule has 1 saturated heterocycles. The van der Waals surface area contributed by atoms with Crippen LogP contribution in [-0.2, 0) is 15.0 Å². The number of hydrogen-bond donors (Lipinski definition) is 2. The van der Waals surface area contributed by atoms with Gasteiger partial charge in [0.15, 0.2) is 0 Å². The lowest BCUT2D eigenvalue weighted by atomic mass is 9.72. The number of nitrogens with one attached hydrogen (secondary N) is 2. The number of anilines is 1. The van der Waals surface area contributed by atoms with Crippen LogP contribution in [0.2, 0.25) is 0 Å². The molecule has 152 valence electrons. The molecule has 0 saturated carbocycles. The van der Waals surface area contributed by atoms with Crippen molar-refractivity contribution in [2.24, 2.45) is 0 Å². The Balaban J connectivity index is 1.56. The summed E-state index contributed by atoms with van der Waals surface area (Å²) in [6, 6.07) is 14.2. The van der Waals surface area contributed by atoms with Crippen LogP contribution in [0.15, 0.2) is 54.9 Å². The first-order valence-electron chi connectivity index (χ1n) is 9.62. The lowest BCUT2D eigenvalue weighted by Gasteiger charge is -2.35. The fourth-order valence-corrected chi connectivity index (χ4v) is 3.77. The minimum Gasteiger partial charge on any atom is -0.322 e. The predicted octanol–water partition coefficient (Wildman–Crippen LogP) is 2.00. The maximum absolute atomic E-state index is 12.8. The summed E-state index contributed by atoms with van der Waals surface area (Å²) in [6.45, 7) is 1.93. The number of hydrogen-bond acceptors (Lipinski definition) is 6. The van der Waals surface area contributed by atoms with E-state index in [0.29, 0.717) is 36.2 Å². The topological polar surface area (TPSA) is 119 Å². The number of aromatic nitrogens is 4. The normalized spacial score (nSPS) is 18.7. The van der Waals surface area contributed by atoms with E-state index in [2.05, 4.69) is 26.2 Å². The summed E-state index contributed by atoms with van der Waals surface area (Å²) in [5, 5.41) is 16.4. The van der Waals surface area contributed by atoms with Crippen molar-refractivity contribution in [2.45, 2.75) is 31.6 Å². The lowest BCUT2D eigenvalue weighted by Crippen LogP contribution is -2.51. The molecule has 1 aliphatic rings. The molecular formula is C21H20N6O3. The van der Waals surface area contributed by atoms with Gasteiger partial charge in [-0.15, -0.1) is 5.10 Å². The second-order valence-corrected chi connectivity index (χ2v) is 7.12. The molecule has 9 nitrogen and oxygen atoms in total. The molecular weight excluding hydrogens is 384 g/mol. The van der Waals surface area contributed by atoms with Gasteiger partial charge in [0, 0.05) is 12.1 Å². The van der Waals surface area contributed by atoms with Crippen molar-refractivity contribution < 1.29 is 14.4 Å². The number of imide groups is 1. The van der Waals surface area contributed by atoms with E-state index in [1.165, 1.54) is 11.0 Å². The highest BCUT2D eigenvalue weighted by Crippen LogP contribution is 2.36. The van der Waals surface area contributed by atoms with Crippen LogP contribution in [0.3, 0.4) is 0 Å². The number of tetrazole rings is 1. The summed E-state index contributed by atoms with van der Waals surface area (Å²) in [7, 11) is 0. The first kappa shape index (κ1) is 19.4. The molecule has 1 atom stereocenters. The van der Waals surface area contributed by atoms with Crippen LogP contribution in [0.5, 0.6) is 0 Å². The van der Waals surface area contributed by atoms with Gasteiger partial charge in [0.2, 0.25) is 11.8 Å². The highest BCUT2D eigenvalue weighted by molar-refractivity contribution is 6.07. The molecule has 0 spiro atoms. The van der Waals surface area contributed by atoms with Gasteiger partial charge < -0.3 is 5.32 Å².